The molecule has 0 radical (unpaired) electrons. The van der Waals surface area contributed by atoms with Gasteiger partial charge >= 0.3 is 5.97 Å². The first-order valence-corrected chi connectivity index (χ1v) is 6.94. The molecule has 0 aromatic heterocycles. The van der Waals surface area contributed by atoms with Crippen LogP contribution in [0.4, 0.5) is 0 Å². The van der Waals surface area contributed by atoms with Crippen LogP contribution in [-0.4, -0.2) is 64.5 Å². The molecule has 7 nitrogen and oxygen atoms in total. The molecule has 4 N–H and O–H groups in total. The van der Waals surface area contributed by atoms with Gasteiger partial charge in [0.2, 0.25) is 0 Å². The molecule has 4 atom stereocenters. The number of carbonyl (C=O) groups excluding carboxylic acids is 1. The molecule has 1 aromatic rings. The Bertz CT molecular complexity index is 459. The third-order valence-electron chi connectivity index (χ3n) is 3.27. The number of methoxy groups -OCH3 is 1. The van der Waals surface area contributed by atoms with Gasteiger partial charge in [-0.2, -0.15) is 0 Å². The lowest BCUT2D eigenvalue weighted by Crippen LogP contribution is -2.46. The smallest absolute Gasteiger partial charge is 0.338 e. The first-order chi connectivity index (χ1) is 10.4. The molecule has 124 valence electrons. The standard InChI is InChI=1S/C15H22O7/c1-3-11(16)13(18)14(19)12(17)8-22-15(20)9-4-6-10(21-2)7-5-9/h4-7,11-14,16-19H,3,8H2,1-2H3/t11-,12+,13+,14+/m0/s1. The molecule has 0 saturated heterocycles. The summed E-state index contributed by atoms with van der Waals surface area (Å²) in [5, 5.41) is 38.4. The SMILES string of the molecule is CC[C@H](O)[C@@H](O)[C@H](O)[C@H](O)COC(=O)c1ccc(OC)cc1. The Balaban J connectivity index is 2.51. The zero-order valence-electron chi connectivity index (χ0n) is 12.5. The Hall–Kier alpha value is -1.67. The maximum absolute atomic E-state index is 11.8. The number of aliphatic hydroxyl groups excluding tert-OH is 4. The van der Waals surface area contributed by atoms with Crippen LogP contribution in [-0.2, 0) is 4.74 Å². The molecule has 0 amide bonds. The van der Waals surface area contributed by atoms with E-state index in [0.29, 0.717) is 5.75 Å². The topological polar surface area (TPSA) is 116 Å². The summed E-state index contributed by atoms with van der Waals surface area (Å²) in [6, 6.07) is 6.17. The Morgan fingerprint density at radius 1 is 1.05 bits per heavy atom. The van der Waals surface area contributed by atoms with E-state index in [-0.39, 0.29) is 12.0 Å². The van der Waals surface area contributed by atoms with E-state index in [2.05, 4.69) is 0 Å². The predicted octanol–water partition coefficient (Wildman–Crippen LogP) is -0.294. The molecule has 0 spiro atoms. The van der Waals surface area contributed by atoms with Gasteiger partial charge in [-0.25, -0.2) is 4.79 Å². The predicted molar refractivity (Wildman–Crippen MR) is 77.6 cm³/mol. The fourth-order valence-electron chi connectivity index (χ4n) is 1.77. The average Bonchev–Trinajstić information content (AvgIpc) is 2.57. The van der Waals surface area contributed by atoms with Crippen molar-refractivity contribution in [2.45, 2.75) is 37.8 Å². The molecule has 0 fully saturated rings. The van der Waals surface area contributed by atoms with Gasteiger partial charge in [0, 0.05) is 0 Å². The normalized spacial score (nSPS) is 16.5. The number of rotatable bonds is 8. The fourth-order valence-corrected chi connectivity index (χ4v) is 1.77. The number of hydrogen-bond donors (Lipinski definition) is 4. The Labute approximate surface area is 128 Å². The van der Waals surface area contributed by atoms with Crippen molar-refractivity contribution in [3.63, 3.8) is 0 Å². The lowest BCUT2D eigenvalue weighted by atomic mass is 10.0. The molecule has 7 heteroatoms. The van der Waals surface area contributed by atoms with Gasteiger partial charge in [0.05, 0.1) is 18.8 Å². The van der Waals surface area contributed by atoms with Crippen LogP contribution in [0.25, 0.3) is 0 Å². The molecule has 0 aliphatic rings. The van der Waals surface area contributed by atoms with Gasteiger partial charge < -0.3 is 29.9 Å². The zero-order chi connectivity index (χ0) is 16.7. The number of aliphatic hydroxyl groups is 4. The van der Waals surface area contributed by atoms with Crippen LogP contribution >= 0.6 is 0 Å². The molecule has 22 heavy (non-hydrogen) atoms. The van der Waals surface area contributed by atoms with Crippen molar-refractivity contribution in [2.24, 2.45) is 0 Å². The molecule has 0 aliphatic heterocycles. The van der Waals surface area contributed by atoms with Crippen molar-refractivity contribution in [3.8, 4) is 5.75 Å². The number of benzene rings is 1. The summed E-state index contributed by atoms with van der Waals surface area (Å²) >= 11 is 0. The Morgan fingerprint density at radius 2 is 1.59 bits per heavy atom. The molecule has 1 rings (SSSR count). The van der Waals surface area contributed by atoms with Gasteiger partial charge in [0.15, 0.2) is 0 Å². The molecular formula is C15H22O7. The third-order valence-corrected chi connectivity index (χ3v) is 3.27. The lowest BCUT2D eigenvalue weighted by molar-refractivity contribution is -0.116. The first-order valence-electron chi connectivity index (χ1n) is 6.94. The van der Waals surface area contributed by atoms with Crippen LogP contribution < -0.4 is 4.74 Å². The summed E-state index contributed by atoms with van der Waals surface area (Å²) in [5.41, 5.74) is 0.261. The van der Waals surface area contributed by atoms with E-state index < -0.39 is 37.0 Å². The first kappa shape index (κ1) is 18.4. The summed E-state index contributed by atoms with van der Waals surface area (Å²) in [6.45, 7) is 1.12. The highest BCUT2D eigenvalue weighted by Gasteiger charge is 2.30. The van der Waals surface area contributed by atoms with Crippen LogP contribution in [0.3, 0.4) is 0 Å². The number of carbonyl (C=O) groups is 1. The van der Waals surface area contributed by atoms with Gasteiger partial charge in [-0.05, 0) is 30.7 Å². The van der Waals surface area contributed by atoms with Gasteiger partial charge in [0.25, 0.3) is 0 Å². The molecule has 0 aliphatic carbocycles. The van der Waals surface area contributed by atoms with Crippen LogP contribution in [0, 0.1) is 0 Å². The van der Waals surface area contributed by atoms with Crippen molar-refractivity contribution < 1.29 is 34.7 Å². The molecule has 1 aromatic carbocycles. The van der Waals surface area contributed by atoms with E-state index in [9.17, 15) is 25.2 Å². The third kappa shape index (κ3) is 4.96. The monoisotopic (exact) mass is 314 g/mol. The van der Waals surface area contributed by atoms with E-state index in [1.165, 1.54) is 19.2 Å². The lowest BCUT2D eigenvalue weighted by Gasteiger charge is -2.25. The van der Waals surface area contributed by atoms with Crippen LogP contribution in [0.5, 0.6) is 5.75 Å². The van der Waals surface area contributed by atoms with Crippen molar-refractivity contribution in [3.05, 3.63) is 29.8 Å². The van der Waals surface area contributed by atoms with Crippen LogP contribution in [0.15, 0.2) is 24.3 Å². The number of hydrogen-bond acceptors (Lipinski definition) is 7. The van der Waals surface area contributed by atoms with Crippen LogP contribution in [0.1, 0.15) is 23.7 Å². The minimum Gasteiger partial charge on any atom is -0.497 e. The Kier molecular flexibility index (Phi) is 7.26. The molecule has 0 unspecified atom stereocenters. The fraction of sp³-hybridized carbons (Fsp3) is 0.533. The molecule has 0 saturated carbocycles. The average molecular weight is 314 g/mol. The molecule has 0 bridgehead atoms. The van der Waals surface area contributed by atoms with E-state index in [1.807, 2.05) is 0 Å². The minimum atomic E-state index is -1.61. The van der Waals surface area contributed by atoms with Gasteiger partial charge in [-0.1, -0.05) is 6.92 Å². The Morgan fingerprint density at radius 3 is 2.09 bits per heavy atom. The van der Waals surface area contributed by atoms with Crippen molar-refractivity contribution in [1.82, 2.24) is 0 Å². The van der Waals surface area contributed by atoms with Crippen LogP contribution in [0.2, 0.25) is 0 Å². The zero-order valence-corrected chi connectivity index (χ0v) is 12.5. The highest BCUT2D eigenvalue weighted by Crippen LogP contribution is 2.13. The summed E-state index contributed by atoms with van der Waals surface area (Å²) in [5.74, 6) is -0.0943. The van der Waals surface area contributed by atoms with Gasteiger partial charge in [-0.3, -0.25) is 0 Å². The maximum Gasteiger partial charge on any atom is 0.338 e. The van der Waals surface area contributed by atoms with Crippen molar-refractivity contribution >= 4 is 5.97 Å². The minimum absolute atomic E-state index is 0.219. The number of esters is 1. The molecule has 0 heterocycles. The summed E-state index contributed by atoms with van der Waals surface area (Å²) < 4.78 is 9.83. The maximum atomic E-state index is 11.8. The van der Waals surface area contributed by atoms with Gasteiger partial charge in [-0.15, -0.1) is 0 Å². The van der Waals surface area contributed by atoms with Crippen molar-refractivity contribution in [2.75, 3.05) is 13.7 Å². The summed E-state index contributed by atoms with van der Waals surface area (Å²) in [4.78, 5) is 11.8. The summed E-state index contributed by atoms with van der Waals surface area (Å²) in [6.07, 6.45) is -5.57. The van der Waals surface area contributed by atoms with Gasteiger partial charge in [0.1, 0.15) is 30.7 Å². The van der Waals surface area contributed by atoms with E-state index in [4.69, 9.17) is 9.47 Å². The molecular weight excluding hydrogens is 292 g/mol. The quantitative estimate of drug-likeness (QED) is 0.487. The highest BCUT2D eigenvalue weighted by atomic mass is 16.5. The second-order valence-corrected chi connectivity index (χ2v) is 4.85. The number of ether oxygens (including phenoxy) is 2. The summed E-state index contributed by atoms with van der Waals surface area (Å²) in [7, 11) is 1.50. The van der Waals surface area contributed by atoms with E-state index in [1.54, 1.807) is 19.1 Å². The second-order valence-electron chi connectivity index (χ2n) is 4.85. The largest absolute Gasteiger partial charge is 0.497 e. The van der Waals surface area contributed by atoms with E-state index >= 15 is 0 Å². The van der Waals surface area contributed by atoms with E-state index in [0.717, 1.165) is 0 Å². The van der Waals surface area contributed by atoms with Crippen molar-refractivity contribution in [1.29, 1.82) is 0 Å². The second kappa shape index (κ2) is 8.70. The highest BCUT2D eigenvalue weighted by molar-refractivity contribution is 5.89.